The van der Waals surface area contributed by atoms with Crippen molar-refractivity contribution >= 4 is 34.8 Å². The van der Waals surface area contributed by atoms with Crippen molar-refractivity contribution in [2.75, 3.05) is 19.0 Å². The molecular formula is C29H28ClN5O3. The number of methoxy groups -OCH3 is 1. The molecule has 2 aromatic heterocycles. The number of carbonyl (C=O) groups excluding carboxylic acids is 2. The fraction of sp³-hybridized carbons (Fsp3) is 0.276. The normalized spacial score (nSPS) is 18.2. The fourth-order valence-electron chi connectivity index (χ4n) is 5.13. The number of rotatable bonds is 5. The van der Waals surface area contributed by atoms with Crippen LogP contribution in [0.3, 0.4) is 0 Å². The van der Waals surface area contributed by atoms with Gasteiger partial charge >= 0.3 is 0 Å². The number of amides is 2. The molecule has 0 radical (unpaired) electrons. The summed E-state index contributed by atoms with van der Waals surface area (Å²) in [5.74, 6) is 6.73. The van der Waals surface area contributed by atoms with Crippen molar-refractivity contribution in [2.45, 2.75) is 38.3 Å². The molecular weight excluding hydrogens is 502 g/mol. The van der Waals surface area contributed by atoms with E-state index >= 15 is 0 Å². The lowest BCUT2D eigenvalue weighted by atomic mass is 10.0. The number of aromatic amines is 1. The molecule has 2 aliphatic rings. The maximum atomic E-state index is 13.0. The van der Waals surface area contributed by atoms with Gasteiger partial charge in [-0.1, -0.05) is 36.1 Å². The molecule has 194 valence electrons. The molecule has 2 aliphatic heterocycles. The number of hydrogen-bond donors (Lipinski definition) is 3. The Balaban J connectivity index is 1.61. The second kappa shape index (κ2) is 10.6. The molecule has 0 bridgehead atoms. The van der Waals surface area contributed by atoms with Gasteiger partial charge in [-0.3, -0.25) is 14.6 Å². The minimum Gasteiger partial charge on any atom is -0.493 e. The highest BCUT2D eigenvalue weighted by Gasteiger charge is 2.32. The van der Waals surface area contributed by atoms with Crippen molar-refractivity contribution in [1.82, 2.24) is 20.2 Å². The van der Waals surface area contributed by atoms with Crippen LogP contribution in [0.25, 0.3) is 11.3 Å². The average molecular weight is 530 g/mol. The number of nitrogens with zero attached hydrogens (tertiary/aromatic N) is 2. The van der Waals surface area contributed by atoms with Crippen LogP contribution in [-0.2, 0) is 11.2 Å². The van der Waals surface area contributed by atoms with Crippen molar-refractivity contribution in [1.29, 1.82) is 0 Å². The fourth-order valence-corrected chi connectivity index (χ4v) is 5.38. The number of benzene rings is 1. The van der Waals surface area contributed by atoms with Crippen molar-refractivity contribution in [2.24, 2.45) is 0 Å². The number of hydrogen-bond acceptors (Lipinski definition) is 5. The molecule has 0 saturated carbocycles. The van der Waals surface area contributed by atoms with E-state index in [1.807, 2.05) is 25.1 Å². The second-order valence-electron chi connectivity index (χ2n) is 9.26. The number of nitrogens with one attached hydrogen (secondary N) is 3. The van der Waals surface area contributed by atoms with Gasteiger partial charge in [-0.15, -0.1) is 0 Å². The zero-order valence-corrected chi connectivity index (χ0v) is 22.0. The molecule has 8 nitrogen and oxygen atoms in total. The molecule has 0 aliphatic carbocycles. The maximum absolute atomic E-state index is 13.0. The highest BCUT2D eigenvalue weighted by atomic mass is 35.5. The lowest BCUT2D eigenvalue weighted by molar-refractivity contribution is -0.127. The number of halogens is 1. The number of carbonyl (C=O) groups is 2. The number of aromatic nitrogens is 2. The Hall–Kier alpha value is -4.22. The van der Waals surface area contributed by atoms with Crippen LogP contribution in [0.1, 0.15) is 41.4 Å². The van der Waals surface area contributed by atoms with E-state index in [4.69, 9.17) is 16.3 Å². The zero-order valence-electron chi connectivity index (χ0n) is 21.2. The molecule has 4 heterocycles. The second-order valence-corrected chi connectivity index (χ2v) is 9.67. The Morgan fingerprint density at radius 3 is 2.97 bits per heavy atom. The maximum Gasteiger partial charge on any atom is 0.255 e. The van der Waals surface area contributed by atoms with E-state index in [1.165, 1.54) is 6.08 Å². The predicted molar refractivity (Wildman–Crippen MR) is 148 cm³/mol. The van der Waals surface area contributed by atoms with E-state index in [9.17, 15) is 9.59 Å². The summed E-state index contributed by atoms with van der Waals surface area (Å²) < 4.78 is 5.53. The quantitative estimate of drug-likeness (QED) is 0.329. The Morgan fingerprint density at radius 2 is 2.18 bits per heavy atom. The number of likely N-dealkylation sites (tertiary alicyclic amines) is 1. The Labute approximate surface area is 226 Å². The summed E-state index contributed by atoms with van der Waals surface area (Å²) >= 11 is 6.37. The monoisotopic (exact) mass is 529 g/mol. The van der Waals surface area contributed by atoms with E-state index in [0.717, 1.165) is 24.1 Å². The summed E-state index contributed by atoms with van der Waals surface area (Å²) in [5, 5.41) is 6.78. The van der Waals surface area contributed by atoms with Crippen LogP contribution in [0, 0.1) is 11.8 Å². The van der Waals surface area contributed by atoms with Gasteiger partial charge in [-0.2, -0.15) is 0 Å². The summed E-state index contributed by atoms with van der Waals surface area (Å²) in [6, 6.07) is 7.16. The van der Waals surface area contributed by atoms with Crippen LogP contribution in [0.5, 0.6) is 5.75 Å². The van der Waals surface area contributed by atoms with Gasteiger partial charge in [-0.05, 0) is 44.0 Å². The van der Waals surface area contributed by atoms with Crippen molar-refractivity contribution in [3.63, 3.8) is 0 Å². The van der Waals surface area contributed by atoms with Gasteiger partial charge in [0.2, 0.25) is 5.91 Å². The summed E-state index contributed by atoms with van der Waals surface area (Å²) in [7, 11) is 1.55. The van der Waals surface area contributed by atoms with E-state index in [1.54, 1.807) is 30.5 Å². The van der Waals surface area contributed by atoms with E-state index in [2.05, 4.69) is 39.0 Å². The zero-order chi connectivity index (χ0) is 26.8. The van der Waals surface area contributed by atoms with Crippen LogP contribution >= 0.6 is 11.6 Å². The third kappa shape index (κ3) is 4.61. The highest BCUT2D eigenvalue weighted by molar-refractivity contribution is 6.32. The minimum absolute atomic E-state index is 0.102. The molecule has 2 amide bonds. The third-order valence-electron chi connectivity index (χ3n) is 6.96. The molecule has 1 aromatic carbocycles. The van der Waals surface area contributed by atoms with Crippen molar-refractivity contribution < 1.29 is 14.3 Å². The molecule has 3 N–H and O–H groups in total. The van der Waals surface area contributed by atoms with Gasteiger partial charge in [-0.25, -0.2) is 0 Å². The molecule has 3 aromatic rings. The molecule has 1 saturated heterocycles. The van der Waals surface area contributed by atoms with Gasteiger partial charge < -0.3 is 25.3 Å². The number of anilines is 2. The summed E-state index contributed by atoms with van der Waals surface area (Å²) in [4.78, 5) is 35.0. The van der Waals surface area contributed by atoms with Crippen LogP contribution in [0.4, 0.5) is 11.4 Å². The Kier molecular flexibility index (Phi) is 7.12. The first-order valence-electron chi connectivity index (χ1n) is 12.5. The van der Waals surface area contributed by atoms with E-state index < -0.39 is 0 Å². The highest BCUT2D eigenvalue weighted by Crippen LogP contribution is 2.41. The van der Waals surface area contributed by atoms with Crippen molar-refractivity contribution in [3.8, 4) is 28.8 Å². The summed E-state index contributed by atoms with van der Waals surface area (Å²) in [5.41, 5.74) is 4.77. The summed E-state index contributed by atoms with van der Waals surface area (Å²) in [6.45, 7) is 6.20. The first kappa shape index (κ1) is 25.4. The SMILES string of the molecule is C=CC(=O)N1[C@H](C)CC[C@H]1C#Cc1cnccc1-c1[nH]c2c(c1Nc1cccc(Cl)c1OC)C(=O)NCC2. The van der Waals surface area contributed by atoms with Gasteiger partial charge in [0.15, 0.2) is 5.75 Å². The van der Waals surface area contributed by atoms with Crippen LogP contribution in [0.15, 0.2) is 49.3 Å². The Morgan fingerprint density at radius 1 is 1.34 bits per heavy atom. The minimum atomic E-state index is -0.209. The molecule has 38 heavy (non-hydrogen) atoms. The van der Waals surface area contributed by atoms with Crippen LogP contribution in [-0.4, -0.2) is 52.4 Å². The predicted octanol–water partition coefficient (Wildman–Crippen LogP) is 4.69. The smallest absolute Gasteiger partial charge is 0.255 e. The molecule has 1 fully saturated rings. The number of fused-ring (bicyclic) bond motifs is 1. The Bertz CT molecular complexity index is 1490. The standard InChI is InChI=1S/C29H28ClN5O3/c1-4-24(36)35-17(2)8-10-19(35)11-9-18-16-31-14-12-20(18)26-27(25-22(33-26)13-15-32-29(25)37)34-23-7-5-6-21(30)28(23)38-3/h4-7,12,14,16-17,19,33-34H,1,8,10,13,15H2,2-3H3,(H,32,37)/t17-,19+/m1/s1. The lowest BCUT2D eigenvalue weighted by Crippen LogP contribution is -2.38. The number of ether oxygens (including phenoxy) is 1. The van der Waals surface area contributed by atoms with Crippen LogP contribution in [0.2, 0.25) is 5.02 Å². The molecule has 0 unspecified atom stereocenters. The summed E-state index contributed by atoms with van der Waals surface area (Å²) in [6.07, 6.45) is 7.06. The number of para-hydroxylation sites is 1. The molecule has 2 atom stereocenters. The third-order valence-corrected chi connectivity index (χ3v) is 7.26. The average Bonchev–Trinajstić information content (AvgIpc) is 3.48. The van der Waals surface area contributed by atoms with E-state index in [0.29, 0.717) is 51.9 Å². The molecule has 9 heteroatoms. The largest absolute Gasteiger partial charge is 0.493 e. The van der Waals surface area contributed by atoms with Gasteiger partial charge in [0, 0.05) is 42.7 Å². The lowest BCUT2D eigenvalue weighted by Gasteiger charge is -2.23. The molecule has 0 spiro atoms. The molecule has 5 rings (SSSR count). The first-order chi connectivity index (χ1) is 18.4. The van der Waals surface area contributed by atoms with Gasteiger partial charge in [0.05, 0.1) is 46.4 Å². The first-order valence-corrected chi connectivity index (χ1v) is 12.8. The van der Waals surface area contributed by atoms with E-state index in [-0.39, 0.29) is 23.9 Å². The van der Waals surface area contributed by atoms with Crippen molar-refractivity contribution in [3.05, 3.63) is 71.2 Å². The number of pyridine rings is 1. The topological polar surface area (TPSA) is 99.3 Å². The van der Waals surface area contributed by atoms with Gasteiger partial charge in [0.1, 0.15) is 0 Å². The van der Waals surface area contributed by atoms with Crippen LogP contribution < -0.4 is 15.4 Å². The number of H-pyrrole nitrogens is 1. The van der Waals surface area contributed by atoms with Gasteiger partial charge in [0.25, 0.3) is 5.91 Å².